The van der Waals surface area contributed by atoms with Crippen molar-refractivity contribution in [3.8, 4) is 0 Å². The van der Waals surface area contributed by atoms with Crippen molar-refractivity contribution in [2.75, 3.05) is 45.4 Å². The fourth-order valence-corrected chi connectivity index (χ4v) is 2.07. The van der Waals surface area contributed by atoms with Crippen LogP contribution in [0.2, 0.25) is 5.02 Å². The Bertz CT molecular complexity index is 532. The van der Waals surface area contributed by atoms with Gasteiger partial charge in [0.2, 0.25) is 5.91 Å². The molecule has 0 aliphatic carbocycles. The lowest BCUT2D eigenvalue weighted by Gasteiger charge is -2.24. The van der Waals surface area contributed by atoms with E-state index in [4.69, 9.17) is 22.1 Å². The van der Waals surface area contributed by atoms with E-state index in [1.54, 1.807) is 26.0 Å². The minimum absolute atomic E-state index is 0.0840. The highest BCUT2D eigenvalue weighted by molar-refractivity contribution is 6.34. The molecule has 0 bridgehead atoms. The Balaban J connectivity index is 3.22. The number of hydrogen-bond donors (Lipinski definition) is 1. The molecule has 1 aromatic carbocycles. The molecule has 0 heterocycles. The van der Waals surface area contributed by atoms with Gasteiger partial charge in [0.1, 0.15) is 0 Å². The number of hydrogen-bond acceptors (Lipinski definition) is 5. The number of esters is 1. The lowest BCUT2D eigenvalue weighted by Crippen LogP contribution is -2.35. The second kappa shape index (κ2) is 6.47. The van der Waals surface area contributed by atoms with Gasteiger partial charge >= 0.3 is 5.97 Å². The molecule has 1 amide bonds. The molecule has 20 heavy (non-hydrogen) atoms. The number of anilines is 2. The SMILES string of the molecule is COC(=O)c1cc(N)cc(Cl)c1N(C)CC(=O)N(C)C. The van der Waals surface area contributed by atoms with E-state index in [9.17, 15) is 9.59 Å². The number of likely N-dealkylation sites (N-methyl/N-ethyl adjacent to an activating group) is 2. The molecule has 0 saturated heterocycles. The topological polar surface area (TPSA) is 75.9 Å². The van der Waals surface area contributed by atoms with Gasteiger partial charge in [-0.2, -0.15) is 0 Å². The third-order valence-corrected chi connectivity index (χ3v) is 3.03. The maximum Gasteiger partial charge on any atom is 0.340 e. The highest BCUT2D eigenvalue weighted by Gasteiger charge is 2.21. The van der Waals surface area contributed by atoms with Gasteiger partial charge in [-0.3, -0.25) is 4.79 Å². The van der Waals surface area contributed by atoms with Gasteiger partial charge in [0.15, 0.2) is 0 Å². The number of rotatable bonds is 4. The van der Waals surface area contributed by atoms with E-state index in [-0.39, 0.29) is 18.0 Å². The summed E-state index contributed by atoms with van der Waals surface area (Å²) in [4.78, 5) is 26.6. The molecule has 7 heteroatoms. The van der Waals surface area contributed by atoms with Crippen LogP contribution in [0.1, 0.15) is 10.4 Å². The van der Waals surface area contributed by atoms with Crippen molar-refractivity contribution in [2.24, 2.45) is 0 Å². The number of nitrogens with zero attached hydrogens (tertiary/aromatic N) is 2. The average molecular weight is 300 g/mol. The van der Waals surface area contributed by atoms with Gasteiger partial charge in [0.05, 0.1) is 29.9 Å². The first-order chi connectivity index (χ1) is 9.27. The number of nitrogen functional groups attached to an aromatic ring is 1. The molecule has 0 radical (unpaired) electrons. The molecular weight excluding hydrogens is 282 g/mol. The van der Waals surface area contributed by atoms with E-state index in [1.807, 2.05) is 0 Å². The summed E-state index contributed by atoms with van der Waals surface area (Å²) in [5.74, 6) is -0.672. The summed E-state index contributed by atoms with van der Waals surface area (Å²) in [6, 6.07) is 3.00. The molecule has 0 aliphatic rings. The van der Waals surface area contributed by atoms with E-state index < -0.39 is 5.97 Å². The minimum atomic E-state index is -0.557. The zero-order valence-electron chi connectivity index (χ0n) is 11.9. The van der Waals surface area contributed by atoms with Crippen molar-refractivity contribution >= 4 is 34.9 Å². The maximum absolute atomic E-state index is 11.8. The van der Waals surface area contributed by atoms with Crippen molar-refractivity contribution in [3.63, 3.8) is 0 Å². The predicted molar refractivity (Wildman–Crippen MR) is 79.2 cm³/mol. The largest absolute Gasteiger partial charge is 0.465 e. The summed E-state index contributed by atoms with van der Waals surface area (Å²) in [6.07, 6.45) is 0. The third kappa shape index (κ3) is 3.54. The molecule has 0 unspecified atom stereocenters. The Hall–Kier alpha value is -1.95. The number of carbonyl (C=O) groups is 2. The molecule has 0 fully saturated rings. The summed E-state index contributed by atoms with van der Waals surface area (Å²) in [7, 11) is 6.25. The van der Waals surface area contributed by atoms with Crippen LogP contribution in [-0.2, 0) is 9.53 Å². The Labute approximate surface area is 123 Å². The summed E-state index contributed by atoms with van der Waals surface area (Å²) in [5.41, 5.74) is 6.69. The summed E-state index contributed by atoms with van der Waals surface area (Å²) in [6.45, 7) is 0.0840. The predicted octanol–water partition coefficient (Wildman–Crippen LogP) is 1.23. The van der Waals surface area contributed by atoms with E-state index in [0.717, 1.165) is 0 Å². The van der Waals surface area contributed by atoms with Gasteiger partial charge in [-0.25, -0.2) is 4.79 Å². The highest BCUT2D eigenvalue weighted by Crippen LogP contribution is 2.32. The summed E-state index contributed by atoms with van der Waals surface area (Å²) < 4.78 is 4.71. The van der Waals surface area contributed by atoms with Crippen LogP contribution < -0.4 is 10.6 Å². The second-order valence-corrected chi connectivity index (χ2v) is 4.94. The van der Waals surface area contributed by atoms with Gasteiger partial charge < -0.3 is 20.3 Å². The van der Waals surface area contributed by atoms with Crippen LogP contribution in [0.25, 0.3) is 0 Å². The average Bonchev–Trinajstić information content (AvgIpc) is 2.36. The number of carbonyl (C=O) groups excluding carboxylic acids is 2. The van der Waals surface area contributed by atoms with Gasteiger partial charge in [-0.1, -0.05) is 11.6 Å². The number of nitrogens with two attached hydrogens (primary N) is 1. The van der Waals surface area contributed by atoms with Crippen molar-refractivity contribution < 1.29 is 14.3 Å². The molecule has 0 aromatic heterocycles. The first kappa shape index (κ1) is 16.1. The monoisotopic (exact) mass is 299 g/mol. The van der Waals surface area contributed by atoms with Crippen LogP contribution in [0.3, 0.4) is 0 Å². The molecule has 0 atom stereocenters. The maximum atomic E-state index is 11.8. The van der Waals surface area contributed by atoms with Gasteiger partial charge in [-0.05, 0) is 12.1 Å². The zero-order valence-corrected chi connectivity index (χ0v) is 12.7. The normalized spacial score (nSPS) is 10.1. The number of halogens is 1. The Morgan fingerprint density at radius 2 is 1.90 bits per heavy atom. The number of amides is 1. The lowest BCUT2D eigenvalue weighted by atomic mass is 10.1. The lowest BCUT2D eigenvalue weighted by molar-refractivity contribution is -0.127. The van der Waals surface area contributed by atoms with E-state index in [1.165, 1.54) is 24.1 Å². The number of ether oxygens (including phenoxy) is 1. The first-order valence-corrected chi connectivity index (χ1v) is 6.24. The standard InChI is InChI=1S/C13H18ClN3O3/c1-16(2)11(18)7-17(3)12-9(13(19)20-4)5-8(15)6-10(12)14/h5-6H,7,15H2,1-4H3. The molecule has 6 nitrogen and oxygen atoms in total. The van der Waals surface area contributed by atoms with E-state index in [0.29, 0.717) is 16.4 Å². The van der Waals surface area contributed by atoms with Crippen molar-refractivity contribution in [1.82, 2.24) is 4.90 Å². The van der Waals surface area contributed by atoms with Crippen LogP contribution in [0, 0.1) is 0 Å². The van der Waals surface area contributed by atoms with Gasteiger partial charge in [0, 0.05) is 26.8 Å². The fraction of sp³-hybridized carbons (Fsp3) is 0.385. The van der Waals surface area contributed by atoms with Crippen LogP contribution in [0.5, 0.6) is 0 Å². The quantitative estimate of drug-likeness (QED) is 0.668. The first-order valence-electron chi connectivity index (χ1n) is 5.86. The van der Waals surface area contributed by atoms with Crippen LogP contribution >= 0.6 is 11.6 Å². The molecular formula is C13H18ClN3O3. The molecule has 0 spiro atoms. The van der Waals surface area contributed by atoms with E-state index >= 15 is 0 Å². The summed E-state index contributed by atoms with van der Waals surface area (Å²) in [5, 5.41) is 0.291. The molecule has 0 saturated carbocycles. The van der Waals surface area contributed by atoms with Gasteiger partial charge in [0.25, 0.3) is 0 Å². The summed E-state index contributed by atoms with van der Waals surface area (Å²) >= 11 is 6.14. The van der Waals surface area contributed by atoms with Gasteiger partial charge in [-0.15, -0.1) is 0 Å². The Morgan fingerprint density at radius 1 is 1.30 bits per heavy atom. The Kier molecular flexibility index (Phi) is 5.21. The van der Waals surface area contributed by atoms with Crippen LogP contribution in [0.4, 0.5) is 11.4 Å². The van der Waals surface area contributed by atoms with Crippen LogP contribution in [-0.4, -0.2) is 51.6 Å². The Morgan fingerprint density at radius 3 is 2.40 bits per heavy atom. The molecule has 1 rings (SSSR count). The van der Waals surface area contributed by atoms with Crippen molar-refractivity contribution in [1.29, 1.82) is 0 Å². The molecule has 1 aromatic rings. The number of methoxy groups -OCH3 is 1. The van der Waals surface area contributed by atoms with Crippen LogP contribution in [0.15, 0.2) is 12.1 Å². The third-order valence-electron chi connectivity index (χ3n) is 2.74. The zero-order chi connectivity index (χ0) is 15.4. The highest BCUT2D eigenvalue weighted by atomic mass is 35.5. The molecule has 2 N–H and O–H groups in total. The number of benzene rings is 1. The smallest absolute Gasteiger partial charge is 0.340 e. The fourth-order valence-electron chi connectivity index (χ4n) is 1.70. The molecule has 110 valence electrons. The van der Waals surface area contributed by atoms with Crippen molar-refractivity contribution in [2.45, 2.75) is 0 Å². The second-order valence-electron chi connectivity index (χ2n) is 4.53. The minimum Gasteiger partial charge on any atom is -0.465 e. The van der Waals surface area contributed by atoms with E-state index in [2.05, 4.69) is 0 Å². The van der Waals surface area contributed by atoms with Crippen molar-refractivity contribution in [3.05, 3.63) is 22.7 Å². The molecule has 0 aliphatic heterocycles.